The predicted molar refractivity (Wildman–Crippen MR) is 71.0 cm³/mol. The lowest BCUT2D eigenvalue weighted by Crippen LogP contribution is -2.22. The molecule has 3 nitrogen and oxygen atoms in total. The van der Waals surface area contributed by atoms with Gasteiger partial charge in [0.15, 0.2) is 19.2 Å². The normalized spacial score (nSPS) is 14.4. The summed E-state index contributed by atoms with van der Waals surface area (Å²) >= 11 is 0. The SMILES string of the molecule is O=P([O-])(CC(F)(F)F)Oc1cccc(-c2ccccc2)c1F. The van der Waals surface area contributed by atoms with Gasteiger partial charge in [0.25, 0.3) is 0 Å². The third-order valence-electron chi connectivity index (χ3n) is 2.66. The topological polar surface area (TPSA) is 49.4 Å². The van der Waals surface area contributed by atoms with Gasteiger partial charge in [-0.15, -0.1) is 0 Å². The first kappa shape index (κ1) is 16.5. The van der Waals surface area contributed by atoms with Crippen LogP contribution in [-0.2, 0) is 4.57 Å². The van der Waals surface area contributed by atoms with Gasteiger partial charge in [-0.2, -0.15) is 13.2 Å². The van der Waals surface area contributed by atoms with Crippen molar-refractivity contribution in [2.45, 2.75) is 6.18 Å². The first-order chi connectivity index (χ1) is 10.2. The van der Waals surface area contributed by atoms with Crippen LogP contribution in [0.5, 0.6) is 5.75 Å². The average Bonchev–Trinajstić information content (AvgIpc) is 2.39. The van der Waals surface area contributed by atoms with Crippen LogP contribution in [0.3, 0.4) is 0 Å². The molecule has 0 aliphatic heterocycles. The summed E-state index contributed by atoms with van der Waals surface area (Å²) in [7, 11) is -5.29. The fourth-order valence-corrected chi connectivity index (χ4v) is 2.77. The van der Waals surface area contributed by atoms with Crippen LogP contribution in [0.1, 0.15) is 0 Å². The Morgan fingerprint density at radius 1 is 1.05 bits per heavy atom. The van der Waals surface area contributed by atoms with Crippen LogP contribution in [-0.4, -0.2) is 12.3 Å². The zero-order valence-corrected chi connectivity index (χ0v) is 11.9. The molecule has 118 valence electrons. The summed E-state index contributed by atoms with van der Waals surface area (Å²) in [5, 5.41) is 0. The zero-order valence-electron chi connectivity index (χ0n) is 11.0. The first-order valence-corrected chi connectivity index (χ1v) is 7.81. The lowest BCUT2D eigenvalue weighted by Gasteiger charge is -2.25. The summed E-state index contributed by atoms with van der Waals surface area (Å²) in [5.41, 5.74) is 0.479. The Balaban J connectivity index is 2.32. The van der Waals surface area contributed by atoms with E-state index in [0.717, 1.165) is 6.07 Å². The molecule has 0 saturated heterocycles. The Labute approximate surface area is 123 Å². The highest BCUT2D eigenvalue weighted by Crippen LogP contribution is 2.45. The molecule has 0 N–H and O–H groups in total. The van der Waals surface area contributed by atoms with Gasteiger partial charge in [-0.25, -0.2) is 4.39 Å². The number of rotatable bonds is 4. The van der Waals surface area contributed by atoms with Gasteiger partial charge in [-0.3, -0.25) is 4.57 Å². The summed E-state index contributed by atoms with van der Waals surface area (Å²) in [4.78, 5) is 11.3. The number of hydrogen-bond donors (Lipinski definition) is 0. The third-order valence-corrected chi connectivity index (χ3v) is 3.88. The molecule has 8 heteroatoms. The fraction of sp³-hybridized carbons (Fsp3) is 0.143. The van der Waals surface area contributed by atoms with Crippen molar-refractivity contribution in [3.05, 3.63) is 54.3 Å². The Morgan fingerprint density at radius 3 is 2.27 bits per heavy atom. The van der Waals surface area contributed by atoms with E-state index in [1.807, 2.05) is 0 Å². The molecule has 0 saturated carbocycles. The second kappa shape index (κ2) is 6.10. The molecule has 0 heterocycles. The van der Waals surface area contributed by atoms with Crippen LogP contribution in [0.4, 0.5) is 17.6 Å². The number of alkyl halides is 3. The summed E-state index contributed by atoms with van der Waals surface area (Å²) in [6.45, 7) is 0. The minimum absolute atomic E-state index is 0.0325. The molecule has 2 rings (SSSR count). The molecular weight excluding hydrogens is 323 g/mol. The molecule has 0 fully saturated rings. The van der Waals surface area contributed by atoms with Gasteiger partial charge in [-0.1, -0.05) is 42.5 Å². The monoisotopic (exact) mass is 333 g/mol. The molecule has 2 aromatic rings. The minimum Gasteiger partial charge on any atom is -0.769 e. The molecule has 22 heavy (non-hydrogen) atoms. The van der Waals surface area contributed by atoms with E-state index in [2.05, 4.69) is 4.52 Å². The van der Waals surface area contributed by atoms with Crippen LogP contribution < -0.4 is 9.42 Å². The van der Waals surface area contributed by atoms with Gasteiger partial charge in [0.1, 0.15) is 6.16 Å². The van der Waals surface area contributed by atoms with E-state index in [1.54, 1.807) is 30.3 Å². The summed E-state index contributed by atoms with van der Waals surface area (Å²) in [6, 6.07) is 11.8. The lowest BCUT2D eigenvalue weighted by atomic mass is 10.1. The maximum absolute atomic E-state index is 14.3. The molecule has 0 radical (unpaired) electrons. The van der Waals surface area contributed by atoms with Crippen LogP contribution in [0, 0.1) is 5.82 Å². The quantitative estimate of drug-likeness (QED) is 0.628. The molecule has 1 atom stereocenters. The molecule has 0 spiro atoms. The Hall–Kier alpha value is -1.85. The second-order valence-corrected chi connectivity index (χ2v) is 6.18. The van der Waals surface area contributed by atoms with E-state index in [1.165, 1.54) is 12.1 Å². The van der Waals surface area contributed by atoms with Crippen molar-refractivity contribution in [3.8, 4) is 16.9 Å². The molecule has 2 aromatic carbocycles. The van der Waals surface area contributed by atoms with Crippen LogP contribution in [0.15, 0.2) is 48.5 Å². The molecule has 0 aliphatic carbocycles. The van der Waals surface area contributed by atoms with E-state index >= 15 is 0 Å². The van der Waals surface area contributed by atoms with Crippen molar-refractivity contribution in [1.29, 1.82) is 0 Å². The van der Waals surface area contributed by atoms with Gasteiger partial charge in [0, 0.05) is 5.56 Å². The Bertz CT molecular complexity index is 701. The van der Waals surface area contributed by atoms with Crippen molar-refractivity contribution in [3.63, 3.8) is 0 Å². The predicted octanol–water partition coefficient (Wildman–Crippen LogP) is 3.99. The third kappa shape index (κ3) is 4.32. The first-order valence-electron chi connectivity index (χ1n) is 6.08. The largest absolute Gasteiger partial charge is 0.769 e. The van der Waals surface area contributed by atoms with E-state index in [0.29, 0.717) is 5.56 Å². The van der Waals surface area contributed by atoms with Gasteiger partial charge < -0.3 is 9.42 Å². The zero-order chi connectivity index (χ0) is 16.4. The van der Waals surface area contributed by atoms with Gasteiger partial charge in [0.2, 0.25) is 0 Å². The van der Waals surface area contributed by atoms with E-state index < -0.39 is 31.5 Å². The van der Waals surface area contributed by atoms with Gasteiger partial charge in [0.05, 0.1) is 0 Å². The summed E-state index contributed by atoms with van der Waals surface area (Å²) < 4.78 is 66.3. The maximum Gasteiger partial charge on any atom is 0.397 e. The number of hydrogen-bond acceptors (Lipinski definition) is 3. The Kier molecular flexibility index (Phi) is 4.58. The highest BCUT2D eigenvalue weighted by atomic mass is 31.2. The van der Waals surface area contributed by atoms with Gasteiger partial charge >= 0.3 is 6.18 Å². The van der Waals surface area contributed by atoms with Gasteiger partial charge in [-0.05, 0) is 11.6 Å². The smallest absolute Gasteiger partial charge is 0.397 e. The second-order valence-electron chi connectivity index (χ2n) is 4.46. The van der Waals surface area contributed by atoms with E-state index in [4.69, 9.17) is 0 Å². The summed E-state index contributed by atoms with van der Waals surface area (Å²) in [5.74, 6) is -1.80. The van der Waals surface area contributed by atoms with Crippen molar-refractivity contribution < 1.29 is 31.5 Å². The number of halogens is 4. The molecule has 0 bridgehead atoms. The van der Waals surface area contributed by atoms with Crippen molar-refractivity contribution >= 4 is 7.60 Å². The highest BCUT2D eigenvalue weighted by Gasteiger charge is 2.35. The lowest BCUT2D eigenvalue weighted by molar-refractivity contribution is -0.201. The Morgan fingerprint density at radius 2 is 1.68 bits per heavy atom. The maximum atomic E-state index is 14.3. The fourth-order valence-electron chi connectivity index (χ4n) is 1.82. The molecule has 0 aromatic heterocycles. The molecule has 1 unspecified atom stereocenters. The average molecular weight is 333 g/mol. The number of benzene rings is 2. The molecular formula is C14H10F4O3P-. The van der Waals surface area contributed by atoms with Crippen molar-refractivity contribution in [2.75, 3.05) is 6.16 Å². The molecule has 0 aliphatic rings. The van der Waals surface area contributed by atoms with Crippen LogP contribution >= 0.6 is 7.60 Å². The highest BCUT2D eigenvalue weighted by molar-refractivity contribution is 7.51. The van der Waals surface area contributed by atoms with Crippen LogP contribution in [0.25, 0.3) is 11.1 Å². The van der Waals surface area contributed by atoms with Crippen LogP contribution in [0.2, 0.25) is 0 Å². The van der Waals surface area contributed by atoms with E-state index in [-0.39, 0.29) is 5.56 Å². The van der Waals surface area contributed by atoms with Crippen molar-refractivity contribution in [1.82, 2.24) is 0 Å². The van der Waals surface area contributed by atoms with Crippen molar-refractivity contribution in [2.24, 2.45) is 0 Å². The minimum atomic E-state index is -5.29. The standard InChI is InChI=1S/C14H11F4O3P/c15-13-11(10-5-2-1-3-6-10)7-4-8-12(13)21-22(19,20)9-14(16,17)18/h1-8H,9H2,(H,19,20)/p-1. The molecule has 0 amide bonds. The van der Waals surface area contributed by atoms with E-state index in [9.17, 15) is 27.0 Å². The summed E-state index contributed by atoms with van der Waals surface area (Å²) in [6.07, 6.45) is -7.11.